The van der Waals surface area contributed by atoms with Crippen LogP contribution in [0, 0.1) is 0 Å². The lowest BCUT2D eigenvalue weighted by Crippen LogP contribution is -2.11. The molecular formula is C13H16BrN5O. The van der Waals surface area contributed by atoms with Gasteiger partial charge in [0, 0.05) is 28.7 Å². The van der Waals surface area contributed by atoms with Crippen molar-refractivity contribution in [1.82, 2.24) is 9.97 Å². The largest absolute Gasteiger partial charge is 0.497 e. The summed E-state index contributed by atoms with van der Waals surface area (Å²) < 4.78 is 6.15. The summed E-state index contributed by atoms with van der Waals surface area (Å²) in [6, 6.07) is 7.45. The van der Waals surface area contributed by atoms with Crippen LogP contribution in [0.5, 0.6) is 5.75 Å². The minimum absolute atomic E-state index is 0.571. The van der Waals surface area contributed by atoms with Gasteiger partial charge in [-0.25, -0.2) is 15.8 Å². The van der Waals surface area contributed by atoms with Crippen LogP contribution in [0.3, 0.4) is 0 Å². The SMILES string of the molecule is CCc1nc(NN)cc(Nc2cc(Br)cc(OC)c2)n1. The molecule has 20 heavy (non-hydrogen) atoms. The topological polar surface area (TPSA) is 85.1 Å². The van der Waals surface area contributed by atoms with Gasteiger partial charge in [-0.3, -0.25) is 0 Å². The van der Waals surface area contributed by atoms with Gasteiger partial charge in [-0.2, -0.15) is 0 Å². The third-order valence-corrected chi connectivity index (χ3v) is 3.07. The van der Waals surface area contributed by atoms with Gasteiger partial charge in [0.2, 0.25) is 0 Å². The first-order chi connectivity index (χ1) is 9.64. The van der Waals surface area contributed by atoms with Gasteiger partial charge in [0.05, 0.1) is 7.11 Å². The van der Waals surface area contributed by atoms with Crippen LogP contribution < -0.4 is 21.3 Å². The maximum Gasteiger partial charge on any atom is 0.145 e. The Hall–Kier alpha value is -1.86. The van der Waals surface area contributed by atoms with Gasteiger partial charge < -0.3 is 15.5 Å². The fraction of sp³-hybridized carbons (Fsp3) is 0.231. The van der Waals surface area contributed by atoms with Gasteiger partial charge in [0.15, 0.2) is 0 Å². The molecule has 0 atom stereocenters. The number of rotatable bonds is 5. The Kier molecular flexibility index (Phi) is 4.75. The Morgan fingerprint density at radius 3 is 2.60 bits per heavy atom. The molecule has 0 aliphatic carbocycles. The van der Waals surface area contributed by atoms with Crippen molar-refractivity contribution in [2.75, 3.05) is 17.9 Å². The molecule has 0 saturated carbocycles. The van der Waals surface area contributed by atoms with E-state index >= 15 is 0 Å². The lowest BCUT2D eigenvalue weighted by Gasteiger charge is -2.10. The minimum atomic E-state index is 0.571. The van der Waals surface area contributed by atoms with Gasteiger partial charge in [0.25, 0.3) is 0 Å². The van der Waals surface area contributed by atoms with E-state index in [9.17, 15) is 0 Å². The Morgan fingerprint density at radius 1 is 1.20 bits per heavy atom. The molecule has 0 spiro atoms. The van der Waals surface area contributed by atoms with Gasteiger partial charge in [-0.05, 0) is 12.1 Å². The standard InChI is InChI=1S/C13H16BrN5O/c1-3-11-17-12(7-13(18-11)19-15)16-9-4-8(14)5-10(6-9)20-2/h4-7H,3,15H2,1-2H3,(H2,16,17,18,19). The van der Waals surface area contributed by atoms with E-state index in [-0.39, 0.29) is 0 Å². The second kappa shape index (κ2) is 6.53. The summed E-state index contributed by atoms with van der Waals surface area (Å²) in [5.41, 5.74) is 3.40. The average molecular weight is 338 g/mol. The smallest absolute Gasteiger partial charge is 0.145 e. The van der Waals surface area contributed by atoms with Crippen LogP contribution in [0.2, 0.25) is 0 Å². The number of nitrogens with two attached hydrogens (primary N) is 1. The zero-order chi connectivity index (χ0) is 14.5. The van der Waals surface area contributed by atoms with Crippen molar-refractivity contribution in [3.8, 4) is 5.75 Å². The number of hydrogen-bond donors (Lipinski definition) is 3. The quantitative estimate of drug-likeness (QED) is 0.574. The Bertz CT molecular complexity index is 583. The number of aryl methyl sites for hydroxylation is 1. The highest BCUT2D eigenvalue weighted by atomic mass is 79.9. The molecule has 0 radical (unpaired) electrons. The molecule has 0 fully saturated rings. The monoisotopic (exact) mass is 337 g/mol. The predicted molar refractivity (Wildman–Crippen MR) is 83.2 cm³/mol. The van der Waals surface area contributed by atoms with E-state index in [1.54, 1.807) is 13.2 Å². The van der Waals surface area contributed by atoms with E-state index in [4.69, 9.17) is 10.6 Å². The van der Waals surface area contributed by atoms with Gasteiger partial charge in [0.1, 0.15) is 23.2 Å². The summed E-state index contributed by atoms with van der Waals surface area (Å²) in [6.07, 6.45) is 0.728. The first-order valence-electron chi connectivity index (χ1n) is 6.10. The van der Waals surface area contributed by atoms with Gasteiger partial charge in [-0.1, -0.05) is 22.9 Å². The van der Waals surface area contributed by atoms with Crippen LogP contribution in [-0.4, -0.2) is 17.1 Å². The molecule has 0 unspecified atom stereocenters. The number of nitrogen functional groups attached to an aromatic ring is 1. The normalized spacial score (nSPS) is 10.2. The van der Waals surface area contributed by atoms with Crippen molar-refractivity contribution < 1.29 is 4.74 Å². The highest BCUT2D eigenvalue weighted by molar-refractivity contribution is 9.10. The number of ether oxygens (including phenoxy) is 1. The van der Waals surface area contributed by atoms with E-state index in [0.717, 1.165) is 22.3 Å². The number of nitrogens with one attached hydrogen (secondary N) is 2. The van der Waals surface area contributed by atoms with Crippen molar-refractivity contribution in [3.63, 3.8) is 0 Å². The van der Waals surface area contributed by atoms with Crippen molar-refractivity contribution >= 4 is 33.3 Å². The average Bonchev–Trinajstić information content (AvgIpc) is 2.46. The molecule has 1 aromatic carbocycles. The van der Waals surface area contributed by atoms with E-state index in [0.29, 0.717) is 17.5 Å². The second-order valence-corrected chi connectivity index (χ2v) is 4.97. The molecule has 2 aromatic rings. The zero-order valence-electron chi connectivity index (χ0n) is 11.3. The minimum Gasteiger partial charge on any atom is -0.497 e. The zero-order valence-corrected chi connectivity index (χ0v) is 12.9. The van der Waals surface area contributed by atoms with E-state index in [1.807, 2.05) is 25.1 Å². The maximum absolute atomic E-state index is 5.41. The molecule has 0 aliphatic rings. The van der Waals surface area contributed by atoms with Crippen molar-refractivity contribution in [2.24, 2.45) is 5.84 Å². The summed E-state index contributed by atoms with van der Waals surface area (Å²) in [4.78, 5) is 8.65. The van der Waals surface area contributed by atoms with Crippen LogP contribution in [0.25, 0.3) is 0 Å². The van der Waals surface area contributed by atoms with E-state index in [1.165, 1.54) is 0 Å². The first kappa shape index (κ1) is 14.5. The van der Waals surface area contributed by atoms with Crippen molar-refractivity contribution in [3.05, 3.63) is 34.6 Å². The number of methoxy groups -OCH3 is 1. The Labute approximate surface area is 125 Å². The predicted octanol–water partition coefficient (Wildman–Crippen LogP) is 2.84. The Morgan fingerprint density at radius 2 is 1.95 bits per heavy atom. The summed E-state index contributed by atoms with van der Waals surface area (Å²) in [5, 5.41) is 3.21. The molecule has 7 heteroatoms. The van der Waals surface area contributed by atoms with E-state index < -0.39 is 0 Å². The molecule has 2 rings (SSSR count). The number of aromatic nitrogens is 2. The molecule has 0 amide bonds. The van der Waals surface area contributed by atoms with E-state index in [2.05, 4.69) is 36.6 Å². The second-order valence-electron chi connectivity index (χ2n) is 4.06. The first-order valence-corrected chi connectivity index (χ1v) is 6.90. The summed E-state index contributed by atoms with van der Waals surface area (Å²) in [5.74, 6) is 8.12. The molecule has 0 bridgehead atoms. The lowest BCUT2D eigenvalue weighted by molar-refractivity contribution is 0.415. The van der Waals surface area contributed by atoms with Crippen LogP contribution in [0.1, 0.15) is 12.7 Å². The Balaban J connectivity index is 2.31. The molecular weight excluding hydrogens is 322 g/mol. The number of anilines is 3. The maximum atomic E-state index is 5.41. The summed E-state index contributed by atoms with van der Waals surface area (Å²) >= 11 is 3.44. The van der Waals surface area contributed by atoms with Gasteiger partial charge in [-0.15, -0.1) is 0 Å². The van der Waals surface area contributed by atoms with Crippen molar-refractivity contribution in [1.29, 1.82) is 0 Å². The number of nitrogens with zero attached hydrogens (tertiary/aromatic N) is 2. The fourth-order valence-electron chi connectivity index (χ4n) is 1.69. The summed E-state index contributed by atoms with van der Waals surface area (Å²) in [6.45, 7) is 1.99. The summed E-state index contributed by atoms with van der Waals surface area (Å²) in [7, 11) is 1.63. The van der Waals surface area contributed by atoms with Crippen LogP contribution in [-0.2, 0) is 6.42 Å². The van der Waals surface area contributed by atoms with Crippen LogP contribution in [0.4, 0.5) is 17.3 Å². The fourth-order valence-corrected chi connectivity index (χ4v) is 2.17. The van der Waals surface area contributed by atoms with Crippen LogP contribution in [0.15, 0.2) is 28.7 Å². The molecule has 4 N–H and O–H groups in total. The third-order valence-electron chi connectivity index (χ3n) is 2.62. The molecule has 106 valence electrons. The molecule has 6 nitrogen and oxygen atoms in total. The number of halogens is 1. The molecule has 0 aliphatic heterocycles. The van der Waals surface area contributed by atoms with Crippen LogP contribution >= 0.6 is 15.9 Å². The number of hydrazine groups is 1. The highest BCUT2D eigenvalue weighted by Crippen LogP contribution is 2.26. The highest BCUT2D eigenvalue weighted by Gasteiger charge is 2.05. The molecule has 1 heterocycles. The lowest BCUT2D eigenvalue weighted by atomic mass is 10.3. The number of hydrogen-bond acceptors (Lipinski definition) is 6. The third kappa shape index (κ3) is 3.58. The molecule has 0 saturated heterocycles. The van der Waals surface area contributed by atoms with Crippen molar-refractivity contribution in [2.45, 2.75) is 13.3 Å². The number of benzene rings is 1. The molecule has 1 aromatic heterocycles. The van der Waals surface area contributed by atoms with Gasteiger partial charge >= 0.3 is 0 Å².